The van der Waals surface area contributed by atoms with Gasteiger partial charge in [-0.1, -0.05) is 11.6 Å². The Bertz CT molecular complexity index is 667. The quantitative estimate of drug-likeness (QED) is 0.396. The average Bonchev–Trinajstić information content (AvgIpc) is 2.38. The van der Waals surface area contributed by atoms with E-state index >= 15 is 0 Å². The van der Waals surface area contributed by atoms with Crippen LogP contribution in [0.5, 0.6) is 0 Å². The number of halogens is 2. The van der Waals surface area contributed by atoms with Crippen molar-refractivity contribution in [2.75, 3.05) is 5.73 Å². The van der Waals surface area contributed by atoms with Crippen LogP contribution in [0.4, 0.5) is 15.8 Å². The molecule has 7 heteroatoms. The fourth-order valence-corrected chi connectivity index (χ4v) is 2.75. The highest BCUT2D eigenvalue weighted by Gasteiger charge is 2.14. The van der Waals surface area contributed by atoms with Gasteiger partial charge in [0, 0.05) is 33.0 Å². The van der Waals surface area contributed by atoms with Gasteiger partial charge in [0.15, 0.2) is 0 Å². The summed E-state index contributed by atoms with van der Waals surface area (Å²) in [6.45, 7) is 0. The summed E-state index contributed by atoms with van der Waals surface area (Å²) in [4.78, 5) is 11.2. The lowest BCUT2D eigenvalue weighted by Gasteiger charge is -2.06. The molecule has 2 aromatic rings. The zero-order valence-electron chi connectivity index (χ0n) is 10.2. The molecule has 0 aliphatic heterocycles. The maximum absolute atomic E-state index is 12.9. The molecule has 0 spiro atoms. The van der Waals surface area contributed by atoms with Crippen LogP contribution in [-0.4, -0.2) is 4.92 Å². The van der Waals surface area contributed by atoms with Gasteiger partial charge in [-0.15, -0.1) is 11.8 Å². The number of nitrogens with two attached hydrogens (primary N) is 1. The number of hydrogen-bond acceptors (Lipinski definition) is 4. The van der Waals surface area contributed by atoms with Crippen LogP contribution in [0.1, 0.15) is 5.56 Å². The first-order valence-corrected chi connectivity index (χ1v) is 6.94. The van der Waals surface area contributed by atoms with Gasteiger partial charge in [0.2, 0.25) is 0 Å². The summed E-state index contributed by atoms with van der Waals surface area (Å²) in [5, 5.41) is 11.3. The molecule has 2 rings (SSSR count). The molecule has 104 valence electrons. The Morgan fingerprint density at radius 1 is 1.30 bits per heavy atom. The van der Waals surface area contributed by atoms with Gasteiger partial charge in [0.05, 0.1) is 4.92 Å². The second-order valence-electron chi connectivity index (χ2n) is 4.00. The summed E-state index contributed by atoms with van der Waals surface area (Å²) in [7, 11) is 0. The van der Waals surface area contributed by atoms with Gasteiger partial charge < -0.3 is 5.73 Å². The fraction of sp³-hybridized carbons (Fsp3) is 0.0769. The van der Waals surface area contributed by atoms with E-state index in [1.807, 2.05) is 0 Å². The third kappa shape index (κ3) is 3.40. The summed E-state index contributed by atoms with van der Waals surface area (Å²) in [5.41, 5.74) is 6.50. The Hall–Kier alpha value is -1.79. The van der Waals surface area contributed by atoms with Crippen molar-refractivity contribution in [3.63, 3.8) is 0 Å². The van der Waals surface area contributed by atoms with Gasteiger partial charge in [-0.3, -0.25) is 10.1 Å². The van der Waals surface area contributed by atoms with Crippen LogP contribution < -0.4 is 5.73 Å². The third-order valence-corrected chi connectivity index (χ3v) is 3.97. The molecular formula is C13H10ClFN2O2S. The molecule has 0 fully saturated rings. The lowest BCUT2D eigenvalue weighted by Crippen LogP contribution is -1.95. The van der Waals surface area contributed by atoms with Crippen LogP contribution in [0, 0.1) is 15.9 Å². The van der Waals surface area contributed by atoms with E-state index in [-0.39, 0.29) is 5.69 Å². The Labute approximate surface area is 123 Å². The molecule has 0 amide bonds. The zero-order valence-corrected chi connectivity index (χ0v) is 11.7. The lowest BCUT2D eigenvalue weighted by molar-refractivity contribution is -0.385. The Morgan fingerprint density at radius 2 is 2.05 bits per heavy atom. The normalized spacial score (nSPS) is 10.5. The number of nitro groups is 1. The van der Waals surface area contributed by atoms with Crippen molar-refractivity contribution in [1.82, 2.24) is 0 Å². The second-order valence-corrected chi connectivity index (χ2v) is 5.45. The molecule has 0 heterocycles. The summed E-state index contributed by atoms with van der Waals surface area (Å²) < 4.78 is 12.9. The summed E-state index contributed by atoms with van der Waals surface area (Å²) in [6, 6.07) is 8.59. The van der Waals surface area contributed by atoms with Crippen molar-refractivity contribution in [2.24, 2.45) is 0 Å². The SMILES string of the molecule is Nc1cc(F)ccc1SCc1ccc(Cl)cc1[N+](=O)[O-]. The van der Waals surface area contributed by atoms with E-state index in [9.17, 15) is 14.5 Å². The van der Waals surface area contributed by atoms with E-state index in [1.54, 1.807) is 18.2 Å². The molecule has 0 unspecified atom stereocenters. The number of hydrogen-bond donors (Lipinski definition) is 1. The molecule has 20 heavy (non-hydrogen) atoms. The number of rotatable bonds is 4. The Morgan fingerprint density at radius 3 is 2.70 bits per heavy atom. The summed E-state index contributed by atoms with van der Waals surface area (Å²) in [6.07, 6.45) is 0. The first-order chi connectivity index (χ1) is 9.47. The number of nitrogens with zero attached hydrogens (tertiary/aromatic N) is 1. The van der Waals surface area contributed by atoms with Gasteiger partial charge in [-0.25, -0.2) is 4.39 Å². The smallest absolute Gasteiger partial charge is 0.274 e. The molecule has 2 aromatic carbocycles. The zero-order chi connectivity index (χ0) is 14.7. The van der Waals surface area contributed by atoms with Crippen molar-refractivity contribution in [1.29, 1.82) is 0 Å². The predicted octanol–water partition coefficient (Wildman–Crippen LogP) is 4.26. The molecule has 4 nitrogen and oxygen atoms in total. The topological polar surface area (TPSA) is 69.2 Å². The molecule has 0 bridgehead atoms. The van der Waals surface area contributed by atoms with Crippen LogP contribution in [0.3, 0.4) is 0 Å². The minimum absolute atomic E-state index is 0.0364. The first-order valence-electron chi connectivity index (χ1n) is 5.58. The average molecular weight is 313 g/mol. The van der Waals surface area contributed by atoms with Crippen molar-refractivity contribution >= 4 is 34.7 Å². The molecule has 0 saturated heterocycles. The number of benzene rings is 2. The molecular weight excluding hydrogens is 303 g/mol. The second kappa shape index (κ2) is 6.11. The van der Waals surface area contributed by atoms with Gasteiger partial charge in [0.25, 0.3) is 5.69 Å². The third-order valence-electron chi connectivity index (χ3n) is 2.60. The van der Waals surface area contributed by atoms with Gasteiger partial charge in [-0.2, -0.15) is 0 Å². The first kappa shape index (κ1) is 14.6. The summed E-state index contributed by atoms with van der Waals surface area (Å²) >= 11 is 7.05. The van der Waals surface area contributed by atoms with Crippen LogP contribution in [0.15, 0.2) is 41.3 Å². The molecule has 0 radical (unpaired) electrons. The van der Waals surface area contributed by atoms with E-state index in [0.29, 0.717) is 26.9 Å². The van der Waals surface area contributed by atoms with Crippen LogP contribution in [0.2, 0.25) is 5.02 Å². The fourth-order valence-electron chi connectivity index (χ4n) is 1.64. The molecule has 2 N–H and O–H groups in total. The molecule has 0 atom stereocenters. The highest BCUT2D eigenvalue weighted by molar-refractivity contribution is 7.98. The molecule has 0 saturated carbocycles. The van der Waals surface area contributed by atoms with Crippen LogP contribution in [-0.2, 0) is 5.75 Å². The number of anilines is 1. The molecule has 0 aromatic heterocycles. The van der Waals surface area contributed by atoms with Crippen molar-refractivity contribution < 1.29 is 9.31 Å². The monoisotopic (exact) mass is 312 g/mol. The van der Waals surface area contributed by atoms with E-state index in [4.69, 9.17) is 17.3 Å². The summed E-state index contributed by atoms with van der Waals surface area (Å²) in [5.74, 6) is -0.0622. The van der Waals surface area contributed by atoms with E-state index in [1.165, 1.54) is 30.0 Å². The number of thioether (sulfide) groups is 1. The van der Waals surface area contributed by atoms with Gasteiger partial charge in [0.1, 0.15) is 5.82 Å². The van der Waals surface area contributed by atoms with E-state index in [0.717, 1.165) is 0 Å². The highest BCUT2D eigenvalue weighted by Crippen LogP contribution is 2.32. The molecule has 0 aliphatic rings. The lowest BCUT2D eigenvalue weighted by atomic mass is 10.2. The van der Waals surface area contributed by atoms with Gasteiger partial charge in [-0.05, 0) is 30.3 Å². The van der Waals surface area contributed by atoms with Crippen LogP contribution in [0.25, 0.3) is 0 Å². The molecule has 0 aliphatic carbocycles. The van der Waals surface area contributed by atoms with Crippen LogP contribution >= 0.6 is 23.4 Å². The van der Waals surface area contributed by atoms with Gasteiger partial charge >= 0.3 is 0 Å². The highest BCUT2D eigenvalue weighted by atomic mass is 35.5. The Balaban J connectivity index is 2.20. The number of nitro benzene ring substituents is 1. The maximum atomic E-state index is 12.9. The predicted molar refractivity (Wildman–Crippen MR) is 78.5 cm³/mol. The minimum atomic E-state index is -0.476. The van der Waals surface area contributed by atoms with E-state index in [2.05, 4.69) is 0 Å². The standard InChI is InChI=1S/C13H10ClFN2O2S/c14-9-2-1-8(12(5-9)17(18)19)7-20-13-4-3-10(15)6-11(13)16/h1-6H,7,16H2. The maximum Gasteiger partial charge on any atom is 0.274 e. The minimum Gasteiger partial charge on any atom is -0.398 e. The van der Waals surface area contributed by atoms with Crippen molar-refractivity contribution in [2.45, 2.75) is 10.6 Å². The van der Waals surface area contributed by atoms with Crippen molar-refractivity contribution in [3.8, 4) is 0 Å². The Kier molecular flexibility index (Phi) is 4.46. The van der Waals surface area contributed by atoms with Crippen molar-refractivity contribution in [3.05, 3.63) is 62.9 Å². The van der Waals surface area contributed by atoms with E-state index < -0.39 is 10.7 Å². The number of nitrogen functional groups attached to an aromatic ring is 1. The largest absolute Gasteiger partial charge is 0.398 e.